The Bertz CT molecular complexity index is 1820. The van der Waals surface area contributed by atoms with Gasteiger partial charge in [-0.3, -0.25) is 10.0 Å². The number of alkyl halides is 3. The zero-order valence-corrected chi connectivity index (χ0v) is 27.1. The second-order valence-electron chi connectivity index (χ2n) is 10.8. The molecule has 0 radical (unpaired) electrons. The molecule has 250 valence electrons. The first-order valence-corrected chi connectivity index (χ1v) is 15.7. The van der Waals surface area contributed by atoms with Gasteiger partial charge in [0.15, 0.2) is 5.82 Å². The number of amides is 1. The second-order valence-corrected chi connectivity index (χ2v) is 12.9. The van der Waals surface area contributed by atoms with Crippen LogP contribution in [0.5, 0.6) is 23.1 Å². The van der Waals surface area contributed by atoms with E-state index in [-0.39, 0.29) is 57.4 Å². The fraction of sp³-hybridized carbons (Fsp3) is 0.258. The van der Waals surface area contributed by atoms with E-state index in [0.29, 0.717) is 5.75 Å². The molecule has 2 N–H and O–H groups in total. The number of nitrogens with one attached hydrogen (secondary N) is 2. The summed E-state index contributed by atoms with van der Waals surface area (Å²) >= 11 is 6.33. The van der Waals surface area contributed by atoms with Gasteiger partial charge in [-0.25, -0.2) is 18.2 Å². The minimum Gasteiger partial charge on any atom is -0.497 e. The van der Waals surface area contributed by atoms with E-state index in [0.717, 1.165) is 36.2 Å². The molecular weight excluding hydrogens is 665 g/mol. The molecule has 0 aliphatic carbocycles. The SMILES string of the molecule is COc1ccc(Cl)c(Oc2c(NS(=O)(=O)c3ccc(C(C)(C)C)cc3)ncnc2OCCOC(=O)Nc2ccc(C(F)(F)F)cc2)c1. The Kier molecular flexibility index (Phi) is 10.7. The van der Waals surface area contributed by atoms with Gasteiger partial charge in [0.25, 0.3) is 15.9 Å². The topological polar surface area (TPSA) is 138 Å². The molecule has 0 aliphatic heterocycles. The molecule has 11 nitrogen and oxygen atoms in total. The quantitative estimate of drug-likeness (QED) is 0.151. The van der Waals surface area contributed by atoms with Gasteiger partial charge in [0.2, 0.25) is 5.75 Å². The number of nitrogens with zero attached hydrogens (tertiary/aromatic N) is 2. The van der Waals surface area contributed by atoms with Crippen molar-refractivity contribution in [3.8, 4) is 23.1 Å². The average Bonchev–Trinajstić information content (AvgIpc) is 3.01. The highest BCUT2D eigenvalue weighted by molar-refractivity contribution is 7.92. The van der Waals surface area contributed by atoms with Crippen molar-refractivity contribution in [2.24, 2.45) is 0 Å². The maximum atomic E-state index is 13.4. The highest BCUT2D eigenvalue weighted by Crippen LogP contribution is 2.40. The standard InChI is InChI=1S/C31H30ClF3N4O7S/c1-30(2,3)19-7-12-23(13-8-19)47(41,42)39-27-26(46-25-17-22(43-4)11-14-24(25)32)28(37-18-36-27)44-15-16-45-29(40)38-21-9-5-20(6-10-21)31(33,34)35/h5-14,17-18H,15-16H2,1-4H3,(H,38,40)(H,36,37,39). The summed E-state index contributed by atoms with van der Waals surface area (Å²) < 4.78 is 89.3. The number of carbonyl (C=O) groups excluding carboxylic acids is 1. The Balaban J connectivity index is 1.52. The number of ether oxygens (including phenoxy) is 4. The molecule has 16 heteroatoms. The van der Waals surface area contributed by atoms with Crippen LogP contribution in [-0.2, 0) is 26.4 Å². The van der Waals surface area contributed by atoms with Crippen molar-refractivity contribution in [3.05, 3.63) is 89.2 Å². The molecule has 3 aromatic carbocycles. The molecule has 1 amide bonds. The molecule has 0 spiro atoms. The maximum absolute atomic E-state index is 13.4. The number of hydrogen-bond donors (Lipinski definition) is 2. The predicted octanol–water partition coefficient (Wildman–Crippen LogP) is 7.68. The van der Waals surface area contributed by atoms with Gasteiger partial charge in [-0.1, -0.05) is 44.5 Å². The Hall–Kier alpha value is -4.76. The lowest BCUT2D eigenvalue weighted by Gasteiger charge is -2.19. The molecule has 4 aromatic rings. The van der Waals surface area contributed by atoms with Crippen LogP contribution in [0.1, 0.15) is 31.9 Å². The molecule has 0 bridgehead atoms. The van der Waals surface area contributed by atoms with Crippen LogP contribution in [0.25, 0.3) is 0 Å². The van der Waals surface area contributed by atoms with E-state index in [9.17, 15) is 26.4 Å². The van der Waals surface area contributed by atoms with Gasteiger partial charge in [-0.2, -0.15) is 18.2 Å². The summed E-state index contributed by atoms with van der Waals surface area (Å²) in [6, 6.07) is 14.7. The third kappa shape index (κ3) is 9.39. The molecule has 0 aliphatic rings. The van der Waals surface area contributed by atoms with E-state index in [2.05, 4.69) is 20.0 Å². The third-order valence-electron chi connectivity index (χ3n) is 6.40. The third-order valence-corrected chi connectivity index (χ3v) is 8.06. The summed E-state index contributed by atoms with van der Waals surface area (Å²) in [7, 11) is -2.74. The van der Waals surface area contributed by atoms with E-state index >= 15 is 0 Å². The van der Waals surface area contributed by atoms with E-state index < -0.39 is 27.9 Å². The largest absolute Gasteiger partial charge is 0.497 e. The van der Waals surface area contributed by atoms with Gasteiger partial charge in [0.1, 0.15) is 31.0 Å². The summed E-state index contributed by atoms with van der Waals surface area (Å²) in [5.74, 6) is -0.321. The van der Waals surface area contributed by atoms with Crippen molar-refractivity contribution in [1.82, 2.24) is 9.97 Å². The lowest BCUT2D eigenvalue weighted by molar-refractivity contribution is -0.137. The highest BCUT2D eigenvalue weighted by atomic mass is 35.5. The average molecular weight is 695 g/mol. The van der Waals surface area contributed by atoms with Crippen LogP contribution in [0.3, 0.4) is 0 Å². The van der Waals surface area contributed by atoms with Gasteiger partial charge in [-0.15, -0.1) is 0 Å². The van der Waals surface area contributed by atoms with Crippen molar-refractivity contribution < 1.29 is 45.3 Å². The summed E-state index contributed by atoms with van der Waals surface area (Å²) in [4.78, 5) is 20.2. The van der Waals surface area contributed by atoms with E-state index in [1.807, 2.05) is 20.8 Å². The van der Waals surface area contributed by atoms with Gasteiger partial charge >= 0.3 is 12.3 Å². The van der Waals surface area contributed by atoms with E-state index in [4.69, 9.17) is 30.5 Å². The lowest BCUT2D eigenvalue weighted by atomic mass is 9.87. The lowest BCUT2D eigenvalue weighted by Crippen LogP contribution is -2.19. The predicted molar refractivity (Wildman–Crippen MR) is 168 cm³/mol. The Labute approximate surface area is 274 Å². The number of benzene rings is 3. The van der Waals surface area contributed by atoms with Crippen molar-refractivity contribution >= 4 is 39.2 Å². The number of aromatic nitrogens is 2. The van der Waals surface area contributed by atoms with Crippen LogP contribution in [0.4, 0.5) is 29.5 Å². The summed E-state index contributed by atoms with van der Waals surface area (Å²) in [6.07, 6.45) is -4.44. The number of hydrogen-bond acceptors (Lipinski definition) is 9. The Morgan fingerprint density at radius 1 is 0.915 bits per heavy atom. The van der Waals surface area contributed by atoms with Gasteiger partial charge in [0.05, 0.1) is 22.6 Å². The fourth-order valence-electron chi connectivity index (χ4n) is 3.91. The highest BCUT2D eigenvalue weighted by Gasteiger charge is 2.30. The van der Waals surface area contributed by atoms with Crippen molar-refractivity contribution in [2.45, 2.75) is 37.3 Å². The van der Waals surface area contributed by atoms with Crippen molar-refractivity contribution in [2.75, 3.05) is 30.4 Å². The van der Waals surface area contributed by atoms with Gasteiger partial charge < -0.3 is 18.9 Å². The van der Waals surface area contributed by atoms with Crippen LogP contribution in [0.2, 0.25) is 5.02 Å². The van der Waals surface area contributed by atoms with Gasteiger partial charge in [0, 0.05) is 11.8 Å². The molecular formula is C31H30ClF3N4O7S. The fourth-order valence-corrected chi connectivity index (χ4v) is 5.08. The zero-order valence-electron chi connectivity index (χ0n) is 25.5. The Morgan fingerprint density at radius 3 is 2.19 bits per heavy atom. The molecule has 4 rings (SSSR count). The molecule has 1 aromatic heterocycles. The summed E-state index contributed by atoms with van der Waals surface area (Å²) in [5.41, 5.74) is -0.0576. The summed E-state index contributed by atoms with van der Waals surface area (Å²) in [6.45, 7) is 5.38. The monoisotopic (exact) mass is 694 g/mol. The van der Waals surface area contributed by atoms with Crippen LogP contribution < -0.4 is 24.2 Å². The number of anilines is 2. The first kappa shape index (κ1) is 35.1. The zero-order chi connectivity index (χ0) is 34.4. The van der Waals surface area contributed by atoms with Crippen LogP contribution >= 0.6 is 11.6 Å². The molecule has 47 heavy (non-hydrogen) atoms. The Morgan fingerprint density at radius 2 is 1.57 bits per heavy atom. The number of halogens is 4. The van der Waals surface area contributed by atoms with Gasteiger partial charge in [-0.05, 0) is 59.5 Å². The number of rotatable bonds is 11. The normalized spacial score (nSPS) is 11.8. The first-order valence-electron chi connectivity index (χ1n) is 13.8. The molecule has 1 heterocycles. The first-order chi connectivity index (χ1) is 22.1. The van der Waals surface area contributed by atoms with E-state index in [1.54, 1.807) is 18.2 Å². The smallest absolute Gasteiger partial charge is 0.416 e. The second kappa shape index (κ2) is 14.3. The molecule has 0 fully saturated rings. The van der Waals surface area contributed by atoms with Crippen LogP contribution in [0, 0.1) is 0 Å². The minimum atomic E-state index is -4.52. The molecule has 0 atom stereocenters. The number of carbonyl (C=O) groups is 1. The van der Waals surface area contributed by atoms with E-state index in [1.165, 1.54) is 31.4 Å². The van der Waals surface area contributed by atoms with Crippen molar-refractivity contribution in [3.63, 3.8) is 0 Å². The van der Waals surface area contributed by atoms with Crippen LogP contribution in [-0.4, -0.2) is 44.8 Å². The number of sulfonamides is 1. The minimum absolute atomic E-state index is 0.0376. The summed E-state index contributed by atoms with van der Waals surface area (Å²) in [5, 5.41) is 2.45. The molecule has 0 unspecified atom stereocenters. The molecule has 0 saturated heterocycles. The van der Waals surface area contributed by atoms with Crippen molar-refractivity contribution in [1.29, 1.82) is 0 Å². The number of methoxy groups -OCH3 is 1. The maximum Gasteiger partial charge on any atom is 0.416 e. The van der Waals surface area contributed by atoms with Crippen LogP contribution in [0.15, 0.2) is 78.0 Å². The molecule has 0 saturated carbocycles.